The molecule has 164 valence electrons. The molecular formula is C22H31N3O5. The minimum Gasteiger partial charge on any atom is -0.492 e. The number of hydrogen-bond acceptors (Lipinski definition) is 5. The lowest BCUT2D eigenvalue weighted by Gasteiger charge is -2.61. The minimum atomic E-state index is -0.363. The highest BCUT2D eigenvalue weighted by Crippen LogP contribution is 2.45. The van der Waals surface area contributed by atoms with Crippen LogP contribution >= 0.6 is 0 Å². The predicted octanol–water partition coefficient (Wildman–Crippen LogP) is 2.49. The van der Waals surface area contributed by atoms with Crippen molar-refractivity contribution < 1.29 is 23.8 Å². The van der Waals surface area contributed by atoms with Crippen molar-refractivity contribution in [3.05, 3.63) is 24.3 Å². The summed E-state index contributed by atoms with van der Waals surface area (Å²) in [4.78, 5) is 29.4. The molecule has 0 aromatic heterocycles. The molecule has 3 aliphatic heterocycles. The SMILES string of the molecule is CCOc1ccccc1NC(=O)N1CCC(N2C(=O)C(OC)C23CCOCC3)CC1. The Kier molecular flexibility index (Phi) is 6.15. The molecule has 1 spiro atoms. The highest BCUT2D eigenvalue weighted by molar-refractivity contribution is 5.92. The number of carbonyl (C=O) groups is 2. The molecular weight excluding hydrogens is 386 g/mol. The Morgan fingerprint density at radius 3 is 2.60 bits per heavy atom. The molecule has 8 heteroatoms. The Morgan fingerprint density at radius 2 is 1.93 bits per heavy atom. The summed E-state index contributed by atoms with van der Waals surface area (Å²) in [6.07, 6.45) is 2.80. The van der Waals surface area contributed by atoms with Gasteiger partial charge in [0.2, 0.25) is 0 Å². The summed E-state index contributed by atoms with van der Waals surface area (Å²) >= 11 is 0. The van der Waals surface area contributed by atoms with Gasteiger partial charge in [0.1, 0.15) is 5.75 Å². The van der Waals surface area contributed by atoms with Crippen molar-refractivity contribution in [3.63, 3.8) is 0 Å². The zero-order valence-electron chi connectivity index (χ0n) is 17.8. The number of benzene rings is 1. The lowest BCUT2D eigenvalue weighted by atomic mass is 9.72. The van der Waals surface area contributed by atoms with E-state index in [4.69, 9.17) is 14.2 Å². The summed E-state index contributed by atoms with van der Waals surface area (Å²) in [5, 5.41) is 2.96. The van der Waals surface area contributed by atoms with Crippen LogP contribution in [0, 0.1) is 0 Å². The van der Waals surface area contributed by atoms with Crippen molar-refractivity contribution in [2.45, 2.75) is 50.3 Å². The number of anilines is 1. The quantitative estimate of drug-likeness (QED) is 0.745. The van der Waals surface area contributed by atoms with E-state index in [1.165, 1.54) is 0 Å². The van der Waals surface area contributed by atoms with Gasteiger partial charge in [-0.2, -0.15) is 0 Å². The third-order valence-electron chi connectivity index (χ3n) is 6.57. The molecule has 3 heterocycles. The topological polar surface area (TPSA) is 80.3 Å². The third-order valence-corrected chi connectivity index (χ3v) is 6.57. The molecule has 3 fully saturated rings. The Hall–Kier alpha value is -2.32. The van der Waals surface area contributed by atoms with Crippen LogP contribution in [-0.2, 0) is 14.3 Å². The van der Waals surface area contributed by atoms with Gasteiger partial charge in [0.05, 0.1) is 17.8 Å². The number of piperidine rings is 1. The average Bonchev–Trinajstić information content (AvgIpc) is 2.77. The smallest absolute Gasteiger partial charge is 0.321 e. The number of rotatable bonds is 5. The van der Waals surface area contributed by atoms with E-state index < -0.39 is 0 Å². The number of urea groups is 1. The van der Waals surface area contributed by atoms with E-state index in [0.717, 1.165) is 25.7 Å². The van der Waals surface area contributed by atoms with Gasteiger partial charge in [0.15, 0.2) is 6.10 Å². The van der Waals surface area contributed by atoms with Gasteiger partial charge in [-0.1, -0.05) is 12.1 Å². The first-order valence-corrected chi connectivity index (χ1v) is 10.8. The van der Waals surface area contributed by atoms with E-state index in [0.29, 0.717) is 44.3 Å². The van der Waals surface area contributed by atoms with Crippen molar-refractivity contribution in [2.75, 3.05) is 45.3 Å². The number of ether oxygens (including phenoxy) is 3. The van der Waals surface area contributed by atoms with Gasteiger partial charge in [0.25, 0.3) is 5.91 Å². The normalized spacial score (nSPS) is 23.9. The average molecular weight is 418 g/mol. The van der Waals surface area contributed by atoms with E-state index in [-0.39, 0.29) is 29.6 Å². The number of β-lactam (4-membered cyclic amide) rings is 1. The van der Waals surface area contributed by atoms with E-state index >= 15 is 0 Å². The molecule has 0 saturated carbocycles. The van der Waals surface area contributed by atoms with Crippen LogP contribution < -0.4 is 10.1 Å². The fraction of sp³-hybridized carbons (Fsp3) is 0.636. The van der Waals surface area contributed by atoms with Gasteiger partial charge in [-0.05, 0) is 44.7 Å². The Balaban J connectivity index is 1.37. The number of nitrogens with zero attached hydrogens (tertiary/aromatic N) is 2. The first-order valence-electron chi connectivity index (χ1n) is 10.8. The summed E-state index contributed by atoms with van der Waals surface area (Å²) in [6.45, 7) is 4.99. The second kappa shape index (κ2) is 8.81. The second-order valence-corrected chi connectivity index (χ2v) is 8.12. The second-order valence-electron chi connectivity index (χ2n) is 8.12. The zero-order chi connectivity index (χ0) is 21.1. The van der Waals surface area contributed by atoms with Crippen molar-refractivity contribution in [1.29, 1.82) is 0 Å². The largest absolute Gasteiger partial charge is 0.492 e. The molecule has 1 N–H and O–H groups in total. The van der Waals surface area contributed by atoms with E-state index in [1.807, 2.05) is 41.0 Å². The molecule has 1 aromatic carbocycles. The van der Waals surface area contributed by atoms with Crippen LogP contribution in [0.3, 0.4) is 0 Å². The van der Waals surface area contributed by atoms with Gasteiger partial charge >= 0.3 is 6.03 Å². The highest BCUT2D eigenvalue weighted by Gasteiger charge is 2.62. The zero-order valence-corrected chi connectivity index (χ0v) is 17.8. The van der Waals surface area contributed by atoms with Gasteiger partial charge < -0.3 is 29.3 Å². The first-order chi connectivity index (χ1) is 14.6. The summed E-state index contributed by atoms with van der Waals surface area (Å²) in [5.41, 5.74) is 0.434. The molecule has 0 radical (unpaired) electrons. The Labute approximate surface area is 177 Å². The molecule has 30 heavy (non-hydrogen) atoms. The highest BCUT2D eigenvalue weighted by atomic mass is 16.5. The number of methoxy groups -OCH3 is 1. The lowest BCUT2D eigenvalue weighted by Crippen LogP contribution is -2.79. The van der Waals surface area contributed by atoms with Gasteiger partial charge in [0, 0.05) is 39.5 Å². The van der Waals surface area contributed by atoms with Crippen LogP contribution in [0.25, 0.3) is 0 Å². The maximum absolute atomic E-state index is 12.8. The standard InChI is InChI=1S/C22H31N3O5/c1-3-30-18-7-5-4-6-17(18)23-21(27)24-12-8-16(9-13-24)25-20(26)19(28-2)22(25)10-14-29-15-11-22/h4-7,16,19H,3,8-15H2,1-2H3,(H,23,27). The summed E-state index contributed by atoms with van der Waals surface area (Å²) in [7, 11) is 1.62. The maximum atomic E-state index is 12.8. The number of nitrogens with one attached hydrogen (secondary N) is 1. The molecule has 3 amide bonds. The van der Waals surface area contributed by atoms with Crippen LogP contribution in [0.5, 0.6) is 5.75 Å². The van der Waals surface area contributed by atoms with Gasteiger partial charge in [-0.25, -0.2) is 4.79 Å². The first kappa shape index (κ1) is 20.9. The Bertz CT molecular complexity index is 772. The van der Waals surface area contributed by atoms with E-state index in [1.54, 1.807) is 7.11 Å². The van der Waals surface area contributed by atoms with Crippen molar-refractivity contribution in [3.8, 4) is 5.75 Å². The molecule has 1 unspecified atom stereocenters. The van der Waals surface area contributed by atoms with Crippen LogP contribution in [0.15, 0.2) is 24.3 Å². The van der Waals surface area contributed by atoms with Crippen LogP contribution in [0.2, 0.25) is 0 Å². The summed E-state index contributed by atoms with van der Waals surface area (Å²) in [5.74, 6) is 0.745. The molecule has 3 saturated heterocycles. The van der Waals surface area contributed by atoms with Crippen LogP contribution in [0.1, 0.15) is 32.6 Å². The van der Waals surface area contributed by atoms with Crippen molar-refractivity contribution in [2.24, 2.45) is 0 Å². The predicted molar refractivity (Wildman–Crippen MR) is 112 cm³/mol. The lowest BCUT2D eigenvalue weighted by molar-refractivity contribution is -0.213. The van der Waals surface area contributed by atoms with E-state index in [2.05, 4.69) is 5.32 Å². The number of hydrogen-bond donors (Lipinski definition) is 1. The van der Waals surface area contributed by atoms with Crippen molar-refractivity contribution in [1.82, 2.24) is 9.80 Å². The van der Waals surface area contributed by atoms with Crippen LogP contribution in [-0.4, -0.2) is 79.4 Å². The molecule has 0 aliphatic carbocycles. The number of carbonyl (C=O) groups excluding carboxylic acids is 2. The fourth-order valence-electron chi connectivity index (χ4n) is 5.10. The van der Waals surface area contributed by atoms with Crippen LogP contribution in [0.4, 0.5) is 10.5 Å². The Morgan fingerprint density at radius 1 is 1.23 bits per heavy atom. The molecule has 1 aromatic rings. The number of amides is 3. The molecule has 4 rings (SSSR count). The third kappa shape index (κ3) is 3.63. The summed E-state index contributed by atoms with van der Waals surface area (Å²) < 4.78 is 16.7. The monoisotopic (exact) mass is 417 g/mol. The van der Waals surface area contributed by atoms with Gasteiger partial charge in [-0.15, -0.1) is 0 Å². The van der Waals surface area contributed by atoms with Crippen molar-refractivity contribution >= 4 is 17.6 Å². The van der Waals surface area contributed by atoms with Gasteiger partial charge in [-0.3, -0.25) is 4.79 Å². The molecule has 0 bridgehead atoms. The molecule has 1 atom stereocenters. The number of likely N-dealkylation sites (tertiary alicyclic amines) is 2. The summed E-state index contributed by atoms with van der Waals surface area (Å²) in [6, 6.07) is 7.46. The molecule has 3 aliphatic rings. The maximum Gasteiger partial charge on any atom is 0.321 e. The number of para-hydroxylation sites is 2. The molecule has 8 nitrogen and oxygen atoms in total. The fourth-order valence-corrected chi connectivity index (χ4v) is 5.10. The van der Waals surface area contributed by atoms with E-state index in [9.17, 15) is 9.59 Å². The minimum absolute atomic E-state index is 0.0768.